The molecule has 0 aliphatic carbocycles. The largest absolute Gasteiger partial charge is 0.344 e. The number of hydrogen-bond acceptors (Lipinski definition) is 1. The lowest BCUT2D eigenvalue weighted by molar-refractivity contribution is 0.715. The minimum absolute atomic E-state index is 0.923. The Morgan fingerprint density at radius 1 is 1.33 bits per heavy atom. The molecule has 2 nitrogen and oxygen atoms in total. The SMILES string of the molecule is C=CCCn1c(C)c(C)c2cc(CNC)ccc21. The Morgan fingerprint density at radius 2 is 2.11 bits per heavy atom. The van der Waals surface area contributed by atoms with Crippen molar-refractivity contribution in [2.24, 2.45) is 0 Å². The summed E-state index contributed by atoms with van der Waals surface area (Å²) in [7, 11) is 1.98. The monoisotopic (exact) mass is 242 g/mol. The van der Waals surface area contributed by atoms with Crippen LogP contribution in [0, 0.1) is 13.8 Å². The maximum Gasteiger partial charge on any atom is 0.0485 e. The van der Waals surface area contributed by atoms with Crippen LogP contribution < -0.4 is 5.32 Å². The highest BCUT2D eigenvalue weighted by Gasteiger charge is 2.10. The van der Waals surface area contributed by atoms with Crippen LogP contribution in [0.3, 0.4) is 0 Å². The van der Waals surface area contributed by atoms with E-state index in [1.807, 2.05) is 13.1 Å². The smallest absolute Gasteiger partial charge is 0.0485 e. The van der Waals surface area contributed by atoms with Gasteiger partial charge < -0.3 is 9.88 Å². The number of nitrogens with zero attached hydrogens (tertiary/aromatic N) is 1. The molecule has 0 aliphatic heterocycles. The fourth-order valence-electron chi connectivity index (χ4n) is 2.52. The van der Waals surface area contributed by atoms with E-state index < -0.39 is 0 Å². The van der Waals surface area contributed by atoms with Crippen molar-refractivity contribution in [2.75, 3.05) is 7.05 Å². The summed E-state index contributed by atoms with van der Waals surface area (Å²) in [6, 6.07) is 6.76. The average Bonchev–Trinajstić information content (AvgIpc) is 2.61. The Bertz CT molecular complexity index is 564. The van der Waals surface area contributed by atoms with Crippen molar-refractivity contribution in [3.05, 3.63) is 47.7 Å². The van der Waals surface area contributed by atoms with Crippen LogP contribution in [0.5, 0.6) is 0 Å². The topological polar surface area (TPSA) is 17.0 Å². The van der Waals surface area contributed by atoms with E-state index in [9.17, 15) is 0 Å². The lowest BCUT2D eigenvalue weighted by atomic mass is 10.1. The van der Waals surface area contributed by atoms with Crippen molar-refractivity contribution in [1.29, 1.82) is 0 Å². The predicted molar refractivity (Wildman–Crippen MR) is 79.0 cm³/mol. The number of hydrogen-bond donors (Lipinski definition) is 1. The van der Waals surface area contributed by atoms with Gasteiger partial charge in [0.1, 0.15) is 0 Å². The normalized spacial score (nSPS) is 11.1. The van der Waals surface area contributed by atoms with Gasteiger partial charge in [-0.3, -0.25) is 0 Å². The Morgan fingerprint density at radius 3 is 2.78 bits per heavy atom. The van der Waals surface area contributed by atoms with Gasteiger partial charge in [-0.2, -0.15) is 0 Å². The Labute approximate surface area is 109 Å². The van der Waals surface area contributed by atoms with E-state index in [0.717, 1.165) is 19.5 Å². The summed E-state index contributed by atoms with van der Waals surface area (Å²) in [5, 5.41) is 4.58. The average molecular weight is 242 g/mol. The highest BCUT2D eigenvalue weighted by atomic mass is 15.0. The number of aryl methyl sites for hydroxylation is 2. The lowest BCUT2D eigenvalue weighted by Crippen LogP contribution is -2.04. The molecule has 0 saturated carbocycles. The molecular weight excluding hydrogens is 220 g/mol. The molecule has 2 aromatic rings. The summed E-state index contributed by atoms with van der Waals surface area (Å²) in [4.78, 5) is 0. The number of fused-ring (bicyclic) bond motifs is 1. The van der Waals surface area contributed by atoms with Gasteiger partial charge in [-0.05, 0) is 50.6 Å². The second kappa shape index (κ2) is 5.40. The Kier molecular flexibility index (Phi) is 3.87. The highest BCUT2D eigenvalue weighted by Crippen LogP contribution is 2.26. The van der Waals surface area contributed by atoms with Crippen LogP contribution in [0.15, 0.2) is 30.9 Å². The summed E-state index contributed by atoms with van der Waals surface area (Å²) in [6.45, 7) is 10.2. The van der Waals surface area contributed by atoms with Crippen molar-refractivity contribution < 1.29 is 0 Å². The van der Waals surface area contributed by atoms with Crippen LogP contribution in [0.4, 0.5) is 0 Å². The Balaban J connectivity index is 2.52. The molecule has 0 aliphatic rings. The number of allylic oxidation sites excluding steroid dienone is 1. The maximum absolute atomic E-state index is 3.81. The highest BCUT2D eigenvalue weighted by molar-refractivity contribution is 5.86. The summed E-state index contributed by atoms with van der Waals surface area (Å²) >= 11 is 0. The van der Waals surface area contributed by atoms with E-state index in [4.69, 9.17) is 0 Å². The minimum atomic E-state index is 0.923. The molecule has 1 aromatic heterocycles. The van der Waals surface area contributed by atoms with Crippen LogP contribution >= 0.6 is 0 Å². The molecule has 96 valence electrons. The quantitative estimate of drug-likeness (QED) is 0.793. The first-order valence-electron chi connectivity index (χ1n) is 6.53. The molecule has 2 heteroatoms. The first-order valence-corrected chi connectivity index (χ1v) is 6.53. The van der Waals surface area contributed by atoms with Crippen LogP contribution in [0.25, 0.3) is 10.9 Å². The predicted octanol–water partition coefficient (Wildman–Crippen LogP) is 3.55. The molecule has 2 rings (SSSR count). The third-order valence-electron chi connectivity index (χ3n) is 3.64. The van der Waals surface area contributed by atoms with Crippen molar-refractivity contribution in [3.8, 4) is 0 Å². The van der Waals surface area contributed by atoms with E-state index in [-0.39, 0.29) is 0 Å². The second-order valence-corrected chi connectivity index (χ2v) is 4.82. The molecule has 0 bridgehead atoms. The summed E-state index contributed by atoms with van der Waals surface area (Å²) < 4.78 is 2.40. The summed E-state index contributed by atoms with van der Waals surface area (Å²) in [5.41, 5.74) is 5.45. The number of rotatable bonds is 5. The minimum Gasteiger partial charge on any atom is -0.344 e. The molecule has 0 fully saturated rings. The van der Waals surface area contributed by atoms with Crippen molar-refractivity contribution in [2.45, 2.75) is 33.4 Å². The second-order valence-electron chi connectivity index (χ2n) is 4.82. The first-order chi connectivity index (χ1) is 8.69. The number of benzene rings is 1. The molecule has 1 heterocycles. The maximum atomic E-state index is 3.81. The van der Waals surface area contributed by atoms with Gasteiger partial charge in [-0.25, -0.2) is 0 Å². The fraction of sp³-hybridized carbons (Fsp3) is 0.375. The fourth-order valence-corrected chi connectivity index (χ4v) is 2.52. The number of nitrogens with one attached hydrogen (secondary N) is 1. The lowest BCUT2D eigenvalue weighted by Gasteiger charge is -2.07. The zero-order valence-corrected chi connectivity index (χ0v) is 11.6. The van der Waals surface area contributed by atoms with Gasteiger partial charge >= 0.3 is 0 Å². The summed E-state index contributed by atoms with van der Waals surface area (Å²) in [5.74, 6) is 0. The zero-order valence-electron chi connectivity index (χ0n) is 11.6. The van der Waals surface area contributed by atoms with Crippen LogP contribution in [-0.2, 0) is 13.1 Å². The van der Waals surface area contributed by atoms with E-state index in [1.54, 1.807) is 0 Å². The van der Waals surface area contributed by atoms with Crippen LogP contribution in [0.1, 0.15) is 23.2 Å². The van der Waals surface area contributed by atoms with Crippen LogP contribution in [0.2, 0.25) is 0 Å². The van der Waals surface area contributed by atoms with Gasteiger partial charge in [0, 0.05) is 29.7 Å². The molecular formula is C16H22N2. The van der Waals surface area contributed by atoms with Gasteiger partial charge in [0.2, 0.25) is 0 Å². The Hall–Kier alpha value is -1.54. The van der Waals surface area contributed by atoms with E-state index >= 15 is 0 Å². The van der Waals surface area contributed by atoms with Crippen molar-refractivity contribution in [1.82, 2.24) is 9.88 Å². The van der Waals surface area contributed by atoms with Gasteiger partial charge in [-0.15, -0.1) is 6.58 Å². The standard InChI is InChI=1S/C16H22N2/c1-5-6-9-18-13(3)12(2)15-10-14(11-17-4)7-8-16(15)18/h5,7-8,10,17H,1,6,9,11H2,2-4H3. The molecule has 0 spiro atoms. The molecule has 0 atom stereocenters. The first kappa shape index (κ1) is 12.9. The van der Waals surface area contributed by atoms with E-state index in [0.29, 0.717) is 0 Å². The zero-order chi connectivity index (χ0) is 13.1. The van der Waals surface area contributed by atoms with Gasteiger partial charge in [-0.1, -0.05) is 12.1 Å². The summed E-state index contributed by atoms with van der Waals surface area (Å²) in [6.07, 6.45) is 3.00. The van der Waals surface area contributed by atoms with Gasteiger partial charge in [0.15, 0.2) is 0 Å². The van der Waals surface area contributed by atoms with Crippen molar-refractivity contribution in [3.63, 3.8) is 0 Å². The molecule has 1 aromatic carbocycles. The molecule has 0 unspecified atom stereocenters. The molecule has 18 heavy (non-hydrogen) atoms. The molecule has 0 amide bonds. The van der Waals surface area contributed by atoms with Gasteiger partial charge in [0.25, 0.3) is 0 Å². The van der Waals surface area contributed by atoms with Crippen molar-refractivity contribution >= 4 is 10.9 Å². The van der Waals surface area contributed by atoms with Gasteiger partial charge in [0.05, 0.1) is 0 Å². The van der Waals surface area contributed by atoms with E-state index in [1.165, 1.54) is 27.7 Å². The van der Waals surface area contributed by atoms with Crippen LogP contribution in [-0.4, -0.2) is 11.6 Å². The van der Waals surface area contributed by atoms with E-state index in [2.05, 4.69) is 48.5 Å². The number of aromatic nitrogens is 1. The molecule has 0 saturated heterocycles. The molecule has 1 N–H and O–H groups in total. The molecule has 0 radical (unpaired) electrons. The third-order valence-corrected chi connectivity index (χ3v) is 3.64. The third kappa shape index (κ3) is 2.21.